The maximum atomic E-state index is 9.13. The summed E-state index contributed by atoms with van der Waals surface area (Å²) < 4.78 is 0. The molecule has 0 radical (unpaired) electrons. The number of aliphatic hydroxyl groups excluding tert-OH is 1. The van der Waals surface area contributed by atoms with Crippen molar-refractivity contribution in [3.8, 4) is 12.3 Å². The van der Waals surface area contributed by atoms with Gasteiger partial charge >= 0.3 is 0 Å². The lowest BCUT2D eigenvalue weighted by molar-refractivity contribution is 0.276. The molecule has 2 rings (SSSR count). The highest BCUT2D eigenvalue weighted by molar-refractivity contribution is 5.86. The van der Waals surface area contributed by atoms with E-state index in [1.165, 1.54) is 6.33 Å². The zero-order valence-electron chi connectivity index (χ0n) is 8.64. The van der Waals surface area contributed by atoms with Gasteiger partial charge in [-0.3, -0.25) is 0 Å². The van der Waals surface area contributed by atoms with E-state index in [4.69, 9.17) is 11.5 Å². The van der Waals surface area contributed by atoms with Crippen molar-refractivity contribution in [3.05, 3.63) is 18.6 Å². The summed E-state index contributed by atoms with van der Waals surface area (Å²) in [5, 5.41) is 13.1. The fourth-order valence-corrected chi connectivity index (χ4v) is 1.48. The summed E-state index contributed by atoms with van der Waals surface area (Å²) in [4.78, 5) is 11.2. The Labute approximate surface area is 92.9 Å². The zero-order valence-corrected chi connectivity index (χ0v) is 8.64. The van der Waals surface area contributed by atoms with Gasteiger partial charge in [0.2, 0.25) is 0 Å². The molecule has 0 aliphatic heterocycles. The molecular weight excluding hydrogens is 204 g/mol. The molecule has 5 nitrogen and oxygen atoms in total. The summed E-state index contributed by atoms with van der Waals surface area (Å²) in [5.41, 5.74) is 0.759. The summed E-state index contributed by atoms with van der Waals surface area (Å²) in [7, 11) is 0. The molecule has 0 saturated carbocycles. The summed E-state index contributed by atoms with van der Waals surface area (Å²) in [6.45, 7) is -0.0277. The van der Waals surface area contributed by atoms with Gasteiger partial charge in [-0.2, -0.15) is 0 Å². The smallest absolute Gasteiger partial charge is 0.142 e. The summed E-state index contributed by atoms with van der Waals surface area (Å²) in [6, 6.07) is 1.69. The van der Waals surface area contributed by atoms with Gasteiger partial charge in [-0.15, -0.1) is 12.3 Å². The molecule has 0 unspecified atom stereocenters. The molecule has 0 spiro atoms. The van der Waals surface area contributed by atoms with Crippen LogP contribution in [-0.4, -0.2) is 32.7 Å². The third kappa shape index (κ3) is 1.97. The third-order valence-corrected chi connectivity index (χ3v) is 2.28. The van der Waals surface area contributed by atoms with Crippen LogP contribution in [0.2, 0.25) is 0 Å². The molecule has 5 heteroatoms. The molecule has 0 fully saturated rings. The maximum absolute atomic E-state index is 9.13. The van der Waals surface area contributed by atoms with Gasteiger partial charge in [-0.1, -0.05) is 0 Å². The summed E-state index contributed by atoms with van der Waals surface area (Å²) in [6.07, 6.45) is 8.92. The van der Waals surface area contributed by atoms with Crippen molar-refractivity contribution in [2.24, 2.45) is 0 Å². The van der Waals surface area contributed by atoms with Gasteiger partial charge in [-0.05, 0) is 6.07 Å². The van der Waals surface area contributed by atoms with Crippen LogP contribution in [0.4, 0.5) is 5.82 Å². The van der Waals surface area contributed by atoms with E-state index in [2.05, 4.69) is 26.2 Å². The normalized spacial score (nSPS) is 12.2. The Morgan fingerprint density at radius 1 is 1.56 bits per heavy atom. The van der Waals surface area contributed by atoms with Crippen LogP contribution in [0.3, 0.4) is 0 Å². The average molecular weight is 216 g/mol. The van der Waals surface area contributed by atoms with Crippen LogP contribution in [0.1, 0.15) is 6.42 Å². The van der Waals surface area contributed by atoms with Crippen LogP contribution in [0.5, 0.6) is 0 Å². The molecular formula is C11H12N4O. The molecule has 0 saturated heterocycles. The number of aromatic nitrogens is 3. The van der Waals surface area contributed by atoms with E-state index >= 15 is 0 Å². The van der Waals surface area contributed by atoms with Crippen molar-refractivity contribution in [3.63, 3.8) is 0 Å². The van der Waals surface area contributed by atoms with E-state index in [1.807, 2.05) is 6.07 Å². The van der Waals surface area contributed by atoms with Crippen molar-refractivity contribution in [1.29, 1.82) is 0 Å². The highest BCUT2D eigenvalue weighted by Gasteiger charge is 2.09. The minimum absolute atomic E-state index is 0.0277. The number of rotatable bonds is 4. The second-order valence-corrected chi connectivity index (χ2v) is 3.39. The number of nitrogens with zero attached hydrogens (tertiary/aromatic N) is 2. The maximum Gasteiger partial charge on any atom is 0.142 e. The first kappa shape index (κ1) is 10.5. The second kappa shape index (κ2) is 4.64. The van der Waals surface area contributed by atoms with Gasteiger partial charge in [0.25, 0.3) is 0 Å². The van der Waals surface area contributed by atoms with Crippen molar-refractivity contribution in [2.45, 2.75) is 12.5 Å². The number of hydrogen-bond acceptors (Lipinski definition) is 4. The van der Waals surface area contributed by atoms with E-state index in [0.29, 0.717) is 12.2 Å². The number of anilines is 1. The van der Waals surface area contributed by atoms with Crippen molar-refractivity contribution < 1.29 is 5.11 Å². The van der Waals surface area contributed by atoms with Crippen molar-refractivity contribution in [2.75, 3.05) is 11.9 Å². The van der Waals surface area contributed by atoms with Gasteiger partial charge in [0.15, 0.2) is 0 Å². The lowest BCUT2D eigenvalue weighted by atomic mass is 10.2. The molecule has 2 aromatic rings. The third-order valence-electron chi connectivity index (χ3n) is 2.28. The van der Waals surface area contributed by atoms with Crippen LogP contribution < -0.4 is 5.32 Å². The number of aliphatic hydroxyl groups is 1. The van der Waals surface area contributed by atoms with Crippen LogP contribution >= 0.6 is 0 Å². The number of nitrogens with one attached hydrogen (secondary N) is 2. The minimum Gasteiger partial charge on any atom is -0.394 e. The monoisotopic (exact) mass is 216 g/mol. The summed E-state index contributed by atoms with van der Waals surface area (Å²) >= 11 is 0. The Balaban J connectivity index is 2.26. The predicted octanol–water partition coefficient (Wildman–Crippen LogP) is 0.754. The lowest BCUT2D eigenvalue weighted by Crippen LogP contribution is -2.23. The fourth-order valence-electron chi connectivity index (χ4n) is 1.48. The van der Waals surface area contributed by atoms with Crippen LogP contribution in [-0.2, 0) is 0 Å². The minimum atomic E-state index is -0.182. The molecule has 3 N–H and O–H groups in total. The SMILES string of the molecule is C#CC[C@@H](CO)Nc1ncnc2[nH]ccc12. The first-order valence-electron chi connectivity index (χ1n) is 4.94. The Bertz CT molecular complexity index is 514. The lowest BCUT2D eigenvalue weighted by Gasteiger charge is -2.14. The molecule has 16 heavy (non-hydrogen) atoms. The topological polar surface area (TPSA) is 73.8 Å². The number of terminal acetylenes is 1. The van der Waals surface area contributed by atoms with E-state index in [9.17, 15) is 0 Å². The van der Waals surface area contributed by atoms with Crippen LogP contribution in [0, 0.1) is 12.3 Å². The van der Waals surface area contributed by atoms with Crippen LogP contribution in [0.15, 0.2) is 18.6 Å². The van der Waals surface area contributed by atoms with Crippen molar-refractivity contribution in [1.82, 2.24) is 15.0 Å². The Morgan fingerprint density at radius 2 is 2.44 bits per heavy atom. The second-order valence-electron chi connectivity index (χ2n) is 3.39. The van der Waals surface area contributed by atoms with E-state index in [0.717, 1.165) is 11.0 Å². The average Bonchev–Trinajstić information content (AvgIpc) is 2.77. The zero-order chi connectivity index (χ0) is 11.4. The molecule has 2 aromatic heterocycles. The van der Waals surface area contributed by atoms with Gasteiger partial charge in [0.1, 0.15) is 17.8 Å². The predicted molar refractivity (Wildman–Crippen MR) is 61.8 cm³/mol. The Hall–Kier alpha value is -2.06. The van der Waals surface area contributed by atoms with Gasteiger partial charge in [0.05, 0.1) is 18.0 Å². The molecule has 0 aliphatic carbocycles. The number of hydrogen-bond donors (Lipinski definition) is 3. The Morgan fingerprint density at radius 3 is 3.19 bits per heavy atom. The molecule has 0 aromatic carbocycles. The highest BCUT2D eigenvalue weighted by atomic mass is 16.3. The standard InChI is InChI=1S/C11H12N4O/c1-2-3-8(6-16)15-11-9-4-5-12-10(9)13-7-14-11/h1,4-5,7-8,16H,3,6H2,(H2,12,13,14,15)/t8-/m0/s1. The van der Waals surface area contributed by atoms with Crippen molar-refractivity contribution >= 4 is 16.9 Å². The van der Waals surface area contributed by atoms with Gasteiger partial charge < -0.3 is 15.4 Å². The Kier molecular flexibility index (Phi) is 3.03. The van der Waals surface area contributed by atoms with E-state index in [1.54, 1.807) is 6.20 Å². The van der Waals surface area contributed by atoms with Crippen LogP contribution in [0.25, 0.3) is 11.0 Å². The summed E-state index contributed by atoms with van der Waals surface area (Å²) in [5.74, 6) is 3.19. The number of fused-ring (bicyclic) bond motifs is 1. The molecule has 0 bridgehead atoms. The number of H-pyrrole nitrogens is 1. The first-order valence-corrected chi connectivity index (χ1v) is 4.94. The molecule has 82 valence electrons. The van der Waals surface area contributed by atoms with Gasteiger partial charge in [0, 0.05) is 12.6 Å². The van der Waals surface area contributed by atoms with Gasteiger partial charge in [-0.25, -0.2) is 9.97 Å². The molecule has 0 amide bonds. The molecule has 0 aliphatic rings. The fraction of sp³-hybridized carbons (Fsp3) is 0.273. The van der Waals surface area contributed by atoms with E-state index < -0.39 is 0 Å². The molecule has 2 heterocycles. The van der Waals surface area contributed by atoms with E-state index in [-0.39, 0.29) is 12.6 Å². The quantitative estimate of drug-likeness (QED) is 0.659. The first-order chi connectivity index (χ1) is 7.85. The highest BCUT2D eigenvalue weighted by Crippen LogP contribution is 2.18. The largest absolute Gasteiger partial charge is 0.394 e. The number of aromatic amines is 1. The molecule has 1 atom stereocenters.